The van der Waals surface area contributed by atoms with E-state index in [4.69, 9.17) is 4.42 Å². The Kier molecular flexibility index (Phi) is 3.78. The Morgan fingerprint density at radius 2 is 2.22 bits per heavy atom. The molecule has 18 heavy (non-hydrogen) atoms. The molecule has 0 bridgehead atoms. The Bertz CT molecular complexity index is 565. The van der Waals surface area contributed by atoms with E-state index in [-0.39, 0.29) is 5.69 Å². The maximum absolute atomic E-state index is 10.9. The molecule has 0 aliphatic heterocycles. The number of hydrogen-bond acceptors (Lipinski definition) is 5. The first-order valence-electron chi connectivity index (χ1n) is 5.09. The largest absolute Gasteiger partial charge is 0.468 e. The number of nitro groups is 1. The first-order valence-corrected chi connectivity index (χ1v) is 6.08. The minimum absolute atomic E-state index is 0.0591. The topological polar surface area (TPSA) is 73.3 Å². The Morgan fingerprint density at radius 3 is 2.83 bits per heavy atom. The summed E-state index contributed by atoms with van der Waals surface area (Å²) in [5, 5.41) is 10.9. The van der Waals surface area contributed by atoms with Crippen LogP contribution in [0.5, 0.6) is 0 Å². The van der Waals surface area contributed by atoms with Gasteiger partial charge in [0.25, 0.3) is 5.69 Å². The van der Waals surface area contributed by atoms with Crippen LogP contribution >= 0.6 is 11.8 Å². The van der Waals surface area contributed by atoms with E-state index in [1.54, 1.807) is 30.5 Å². The molecule has 1 aromatic carbocycles. The molecule has 0 unspecified atom stereocenters. The van der Waals surface area contributed by atoms with E-state index in [9.17, 15) is 14.9 Å². The van der Waals surface area contributed by atoms with Crippen molar-refractivity contribution in [2.45, 2.75) is 10.6 Å². The van der Waals surface area contributed by atoms with E-state index in [2.05, 4.69) is 0 Å². The van der Waals surface area contributed by atoms with Crippen LogP contribution in [0.3, 0.4) is 0 Å². The van der Waals surface area contributed by atoms with E-state index in [0.29, 0.717) is 22.5 Å². The third-order valence-corrected chi connectivity index (χ3v) is 3.35. The van der Waals surface area contributed by atoms with Crippen molar-refractivity contribution in [1.82, 2.24) is 0 Å². The zero-order valence-electron chi connectivity index (χ0n) is 9.24. The molecule has 0 N–H and O–H groups in total. The Hall–Kier alpha value is -2.08. The normalized spacial score (nSPS) is 10.2. The van der Waals surface area contributed by atoms with Gasteiger partial charge in [-0.15, -0.1) is 11.8 Å². The van der Waals surface area contributed by atoms with Gasteiger partial charge in [0.05, 0.1) is 21.8 Å². The number of nitro benzene ring substituents is 1. The molecule has 0 fully saturated rings. The lowest BCUT2D eigenvalue weighted by Crippen LogP contribution is -1.93. The maximum Gasteiger partial charge on any atom is 0.283 e. The lowest BCUT2D eigenvalue weighted by molar-refractivity contribution is -0.387. The molecule has 0 aliphatic carbocycles. The fourth-order valence-electron chi connectivity index (χ4n) is 1.42. The molecule has 0 amide bonds. The minimum atomic E-state index is -0.489. The highest BCUT2D eigenvalue weighted by atomic mass is 32.2. The number of benzene rings is 1. The molecule has 2 rings (SSSR count). The van der Waals surface area contributed by atoms with Gasteiger partial charge >= 0.3 is 0 Å². The SMILES string of the molecule is O=Cc1ccc(SCc2ccco2)c([N+](=O)[O-])c1. The first-order chi connectivity index (χ1) is 8.70. The highest BCUT2D eigenvalue weighted by Gasteiger charge is 2.15. The second kappa shape index (κ2) is 5.50. The maximum atomic E-state index is 10.9. The summed E-state index contributed by atoms with van der Waals surface area (Å²) < 4.78 is 5.15. The standard InChI is InChI=1S/C12H9NO4S/c14-7-9-3-4-12(11(6-9)13(15)16)18-8-10-2-1-5-17-10/h1-7H,8H2. The summed E-state index contributed by atoms with van der Waals surface area (Å²) in [6, 6.07) is 7.98. The predicted molar refractivity (Wildman–Crippen MR) is 66.8 cm³/mol. The molecule has 0 aliphatic rings. The molecule has 0 atom stereocenters. The number of carbonyl (C=O) groups excluding carboxylic acids is 1. The lowest BCUT2D eigenvalue weighted by Gasteiger charge is -2.02. The van der Waals surface area contributed by atoms with Crippen LogP contribution < -0.4 is 0 Å². The van der Waals surface area contributed by atoms with Gasteiger partial charge in [-0.3, -0.25) is 14.9 Å². The zero-order valence-corrected chi connectivity index (χ0v) is 10.1. The van der Waals surface area contributed by atoms with E-state index in [1.807, 2.05) is 0 Å². The molecule has 92 valence electrons. The highest BCUT2D eigenvalue weighted by Crippen LogP contribution is 2.32. The predicted octanol–water partition coefficient (Wildman–Crippen LogP) is 3.29. The van der Waals surface area contributed by atoms with Gasteiger partial charge in [0, 0.05) is 11.6 Å². The number of thioether (sulfide) groups is 1. The number of rotatable bonds is 5. The minimum Gasteiger partial charge on any atom is -0.468 e. The van der Waals surface area contributed by atoms with Crippen molar-refractivity contribution in [3.63, 3.8) is 0 Å². The van der Waals surface area contributed by atoms with Crippen molar-refractivity contribution in [2.24, 2.45) is 0 Å². The van der Waals surface area contributed by atoms with Gasteiger partial charge in [-0.1, -0.05) is 6.07 Å². The van der Waals surface area contributed by atoms with Crippen LogP contribution in [-0.4, -0.2) is 11.2 Å². The van der Waals surface area contributed by atoms with Crippen molar-refractivity contribution in [3.05, 3.63) is 58.0 Å². The molecule has 6 heteroatoms. The van der Waals surface area contributed by atoms with Crippen molar-refractivity contribution in [2.75, 3.05) is 0 Å². The number of aldehydes is 1. The Balaban J connectivity index is 2.21. The van der Waals surface area contributed by atoms with Gasteiger partial charge in [-0.2, -0.15) is 0 Å². The van der Waals surface area contributed by atoms with Crippen LogP contribution in [0.15, 0.2) is 45.9 Å². The highest BCUT2D eigenvalue weighted by molar-refractivity contribution is 7.98. The molecule has 0 saturated heterocycles. The molecule has 0 radical (unpaired) electrons. The molecular formula is C12H9NO4S. The number of furan rings is 1. The third kappa shape index (κ3) is 2.78. The number of hydrogen-bond donors (Lipinski definition) is 0. The Morgan fingerprint density at radius 1 is 1.39 bits per heavy atom. The van der Waals surface area contributed by atoms with E-state index >= 15 is 0 Å². The zero-order chi connectivity index (χ0) is 13.0. The van der Waals surface area contributed by atoms with Crippen LogP contribution in [0.2, 0.25) is 0 Å². The monoisotopic (exact) mass is 263 g/mol. The summed E-state index contributed by atoms with van der Waals surface area (Å²) in [5.74, 6) is 1.25. The summed E-state index contributed by atoms with van der Waals surface area (Å²) in [6.07, 6.45) is 2.15. The van der Waals surface area contributed by atoms with Gasteiger partial charge in [0.15, 0.2) is 0 Å². The van der Waals surface area contributed by atoms with Crippen molar-refractivity contribution in [1.29, 1.82) is 0 Å². The third-order valence-electron chi connectivity index (χ3n) is 2.27. The second-order valence-corrected chi connectivity index (χ2v) is 4.49. The second-order valence-electron chi connectivity index (χ2n) is 3.47. The van der Waals surface area contributed by atoms with E-state index < -0.39 is 4.92 Å². The summed E-state index contributed by atoms with van der Waals surface area (Å²) in [4.78, 5) is 21.5. The van der Waals surface area contributed by atoms with Crippen molar-refractivity contribution in [3.8, 4) is 0 Å². The van der Waals surface area contributed by atoms with Crippen molar-refractivity contribution >= 4 is 23.7 Å². The van der Waals surface area contributed by atoms with Crippen LogP contribution in [0, 0.1) is 10.1 Å². The fourth-order valence-corrected chi connectivity index (χ4v) is 2.32. The summed E-state index contributed by atoms with van der Waals surface area (Å²) in [7, 11) is 0. The van der Waals surface area contributed by atoms with Gasteiger partial charge in [-0.05, 0) is 18.2 Å². The Labute approximate surface area is 107 Å². The number of nitrogens with zero attached hydrogens (tertiary/aromatic N) is 1. The number of carbonyl (C=O) groups is 1. The molecule has 2 aromatic rings. The molecular weight excluding hydrogens is 254 g/mol. The molecule has 0 saturated carbocycles. The molecule has 1 aromatic heterocycles. The van der Waals surface area contributed by atoms with Gasteiger partial charge in [0.2, 0.25) is 0 Å². The van der Waals surface area contributed by atoms with Crippen LogP contribution in [0.4, 0.5) is 5.69 Å². The van der Waals surface area contributed by atoms with Gasteiger partial charge < -0.3 is 4.42 Å². The van der Waals surface area contributed by atoms with Gasteiger partial charge in [-0.25, -0.2) is 0 Å². The smallest absolute Gasteiger partial charge is 0.283 e. The summed E-state index contributed by atoms with van der Waals surface area (Å²) >= 11 is 1.30. The average molecular weight is 263 g/mol. The molecule has 5 nitrogen and oxygen atoms in total. The van der Waals surface area contributed by atoms with E-state index in [0.717, 1.165) is 5.76 Å². The lowest BCUT2D eigenvalue weighted by atomic mass is 10.2. The summed E-state index contributed by atoms with van der Waals surface area (Å²) in [6.45, 7) is 0. The van der Waals surface area contributed by atoms with Crippen LogP contribution in [-0.2, 0) is 5.75 Å². The first kappa shape index (κ1) is 12.4. The molecule has 1 heterocycles. The van der Waals surface area contributed by atoms with Crippen LogP contribution in [0.1, 0.15) is 16.1 Å². The van der Waals surface area contributed by atoms with Crippen molar-refractivity contribution < 1.29 is 14.1 Å². The molecule has 0 spiro atoms. The van der Waals surface area contributed by atoms with Crippen LogP contribution in [0.25, 0.3) is 0 Å². The fraction of sp³-hybridized carbons (Fsp3) is 0.0833. The summed E-state index contributed by atoms with van der Waals surface area (Å²) in [5.41, 5.74) is 0.236. The average Bonchev–Trinajstić information content (AvgIpc) is 2.89. The van der Waals surface area contributed by atoms with Gasteiger partial charge in [0.1, 0.15) is 12.0 Å². The van der Waals surface area contributed by atoms with E-state index in [1.165, 1.54) is 17.8 Å². The quantitative estimate of drug-likeness (QED) is 0.358.